The monoisotopic (exact) mass is 305 g/mol. The average molecular weight is 305 g/mol. The molecule has 0 radical (unpaired) electrons. The number of rotatable bonds is 4. The summed E-state index contributed by atoms with van der Waals surface area (Å²) in [5.41, 5.74) is 0.196. The molecule has 21 heavy (non-hydrogen) atoms. The molecule has 1 aromatic rings. The Labute approximate surface area is 117 Å². The highest BCUT2D eigenvalue weighted by molar-refractivity contribution is 6.52. The molecule has 0 saturated heterocycles. The molecular formula is C13H11F4NO3. The largest absolute Gasteiger partial charge is 0.411 e. The van der Waals surface area contributed by atoms with Crippen LogP contribution < -0.4 is 4.90 Å². The molecule has 4 nitrogen and oxygen atoms in total. The molecule has 8 heteroatoms. The number of ketones is 1. The van der Waals surface area contributed by atoms with E-state index in [1.54, 1.807) is 6.92 Å². The first-order valence-electron chi connectivity index (χ1n) is 6.01. The lowest BCUT2D eigenvalue weighted by atomic mass is 10.1. The fourth-order valence-electron chi connectivity index (χ4n) is 2.08. The minimum atomic E-state index is -4.48. The van der Waals surface area contributed by atoms with Gasteiger partial charge in [0.1, 0.15) is 12.4 Å². The van der Waals surface area contributed by atoms with Crippen molar-refractivity contribution < 1.29 is 31.9 Å². The Kier molecular flexibility index (Phi) is 3.99. The van der Waals surface area contributed by atoms with Crippen molar-refractivity contribution in [1.29, 1.82) is 0 Å². The van der Waals surface area contributed by atoms with Gasteiger partial charge in [0.05, 0.1) is 17.9 Å². The summed E-state index contributed by atoms with van der Waals surface area (Å²) in [7, 11) is 0. The lowest BCUT2D eigenvalue weighted by Crippen LogP contribution is -2.34. The number of hydrogen-bond acceptors (Lipinski definition) is 3. The lowest BCUT2D eigenvalue weighted by molar-refractivity contribution is -0.173. The van der Waals surface area contributed by atoms with Gasteiger partial charge >= 0.3 is 6.18 Å². The molecule has 0 aliphatic carbocycles. The van der Waals surface area contributed by atoms with E-state index >= 15 is 0 Å². The van der Waals surface area contributed by atoms with E-state index in [0.717, 1.165) is 11.0 Å². The molecule has 1 aliphatic rings. The van der Waals surface area contributed by atoms with Crippen molar-refractivity contribution in [2.24, 2.45) is 0 Å². The summed E-state index contributed by atoms with van der Waals surface area (Å²) in [6.07, 6.45) is -4.48. The number of carbonyl (C=O) groups excluding carboxylic acids is 2. The number of Topliss-reactive ketones (excluding diaryl/α,β-unsaturated/α-hetero) is 1. The van der Waals surface area contributed by atoms with E-state index in [1.165, 1.54) is 6.07 Å². The molecule has 0 unspecified atom stereocenters. The third-order valence-electron chi connectivity index (χ3n) is 2.89. The zero-order chi connectivity index (χ0) is 15.8. The van der Waals surface area contributed by atoms with Gasteiger partial charge in [-0.05, 0) is 24.6 Å². The van der Waals surface area contributed by atoms with Crippen LogP contribution in [0.1, 0.15) is 15.9 Å². The second-order valence-electron chi connectivity index (χ2n) is 4.60. The minimum absolute atomic E-state index is 0.0756. The zero-order valence-electron chi connectivity index (χ0n) is 11.0. The molecule has 1 amide bonds. The van der Waals surface area contributed by atoms with E-state index in [2.05, 4.69) is 4.74 Å². The number of ether oxygens (including phenoxy) is 1. The van der Waals surface area contributed by atoms with Crippen molar-refractivity contribution in [3.8, 4) is 0 Å². The van der Waals surface area contributed by atoms with Crippen LogP contribution >= 0.6 is 0 Å². The number of anilines is 1. The predicted octanol–water partition coefficient (Wildman–Crippen LogP) is 2.24. The normalized spacial score (nSPS) is 14.8. The molecule has 1 aliphatic heterocycles. The Balaban J connectivity index is 2.12. The number of fused-ring (bicyclic) bond motifs is 1. The maximum atomic E-state index is 13.9. The fraction of sp³-hybridized carbons (Fsp3) is 0.385. The summed E-state index contributed by atoms with van der Waals surface area (Å²) < 4.78 is 54.0. The summed E-state index contributed by atoms with van der Waals surface area (Å²) in [5.74, 6) is -2.60. The first-order chi connectivity index (χ1) is 9.70. The number of alkyl halides is 3. The van der Waals surface area contributed by atoms with Gasteiger partial charge in [0.2, 0.25) is 0 Å². The number of nitrogens with zero attached hydrogens (tertiary/aromatic N) is 1. The predicted molar refractivity (Wildman–Crippen MR) is 64.7 cm³/mol. The molecule has 0 fully saturated rings. The van der Waals surface area contributed by atoms with Gasteiger partial charge in [0.25, 0.3) is 11.7 Å². The van der Waals surface area contributed by atoms with Crippen molar-refractivity contribution in [2.75, 3.05) is 24.7 Å². The lowest BCUT2D eigenvalue weighted by Gasteiger charge is -2.17. The van der Waals surface area contributed by atoms with Crippen molar-refractivity contribution in [3.05, 3.63) is 29.1 Å². The number of hydrogen-bond donors (Lipinski definition) is 0. The van der Waals surface area contributed by atoms with Gasteiger partial charge in [0, 0.05) is 6.54 Å². The van der Waals surface area contributed by atoms with E-state index in [0.29, 0.717) is 5.56 Å². The van der Waals surface area contributed by atoms with Crippen LogP contribution in [0.15, 0.2) is 12.1 Å². The highest BCUT2D eigenvalue weighted by atomic mass is 19.4. The topological polar surface area (TPSA) is 46.6 Å². The number of carbonyl (C=O) groups is 2. The van der Waals surface area contributed by atoms with Gasteiger partial charge in [-0.1, -0.05) is 0 Å². The standard InChI is InChI=1S/C13H11F4NO3/c1-7-4-8-10(9(14)5-7)18(12(20)11(8)19)2-3-21-6-13(15,16)17/h4-5H,2-3,6H2,1H3. The van der Waals surface area contributed by atoms with E-state index in [9.17, 15) is 27.2 Å². The first-order valence-corrected chi connectivity index (χ1v) is 6.01. The number of aryl methyl sites for hydroxylation is 1. The summed E-state index contributed by atoms with van der Waals surface area (Å²) >= 11 is 0. The maximum Gasteiger partial charge on any atom is 0.411 e. The van der Waals surface area contributed by atoms with Gasteiger partial charge in [0.15, 0.2) is 0 Å². The summed E-state index contributed by atoms with van der Waals surface area (Å²) in [6, 6.07) is 2.52. The average Bonchev–Trinajstić information content (AvgIpc) is 2.58. The number of benzene rings is 1. The van der Waals surface area contributed by atoms with Crippen molar-refractivity contribution in [1.82, 2.24) is 0 Å². The van der Waals surface area contributed by atoms with Crippen LogP contribution in [0.5, 0.6) is 0 Å². The van der Waals surface area contributed by atoms with Gasteiger partial charge in [-0.15, -0.1) is 0 Å². The quantitative estimate of drug-likeness (QED) is 0.487. The molecule has 1 heterocycles. The first kappa shape index (κ1) is 15.4. The Hall–Kier alpha value is -1.96. The van der Waals surface area contributed by atoms with E-state index in [1.807, 2.05) is 0 Å². The molecule has 2 rings (SSSR count). The molecule has 1 aromatic carbocycles. The van der Waals surface area contributed by atoms with Gasteiger partial charge < -0.3 is 4.74 Å². The molecule has 114 valence electrons. The van der Waals surface area contributed by atoms with Crippen LogP contribution in [0.25, 0.3) is 0 Å². The second kappa shape index (κ2) is 5.44. The molecule has 0 saturated carbocycles. The van der Waals surface area contributed by atoms with E-state index in [-0.39, 0.29) is 17.8 Å². The fourth-order valence-corrected chi connectivity index (χ4v) is 2.08. The summed E-state index contributed by atoms with van der Waals surface area (Å²) in [6.45, 7) is -0.679. The molecule has 0 spiro atoms. The van der Waals surface area contributed by atoms with Crippen LogP contribution in [0.3, 0.4) is 0 Å². The van der Waals surface area contributed by atoms with Gasteiger partial charge in [-0.3, -0.25) is 14.5 Å². The van der Waals surface area contributed by atoms with E-state index < -0.39 is 36.9 Å². The molecule has 0 N–H and O–H groups in total. The highest BCUT2D eigenvalue weighted by Gasteiger charge is 2.38. The maximum absolute atomic E-state index is 13.9. The molecule has 0 atom stereocenters. The van der Waals surface area contributed by atoms with Crippen LogP contribution in [0, 0.1) is 12.7 Å². The number of amides is 1. The molecule has 0 aromatic heterocycles. The van der Waals surface area contributed by atoms with Crippen LogP contribution in [-0.2, 0) is 9.53 Å². The minimum Gasteiger partial charge on any atom is -0.370 e. The van der Waals surface area contributed by atoms with Gasteiger partial charge in [-0.2, -0.15) is 13.2 Å². The SMILES string of the molecule is Cc1cc(F)c2c(c1)C(=O)C(=O)N2CCOCC(F)(F)F. The third kappa shape index (κ3) is 3.21. The van der Waals surface area contributed by atoms with Crippen molar-refractivity contribution >= 4 is 17.4 Å². The Morgan fingerprint density at radius 2 is 1.90 bits per heavy atom. The summed E-state index contributed by atoms with van der Waals surface area (Å²) in [5, 5.41) is 0. The molecular weight excluding hydrogens is 294 g/mol. The second-order valence-corrected chi connectivity index (χ2v) is 4.60. The zero-order valence-corrected chi connectivity index (χ0v) is 11.0. The van der Waals surface area contributed by atoms with Crippen LogP contribution in [0.2, 0.25) is 0 Å². The Morgan fingerprint density at radius 3 is 2.52 bits per heavy atom. The van der Waals surface area contributed by atoms with Gasteiger partial charge in [-0.25, -0.2) is 4.39 Å². The van der Waals surface area contributed by atoms with Crippen LogP contribution in [0.4, 0.5) is 23.2 Å². The molecule has 0 bridgehead atoms. The Morgan fingerprint density at radius 1 is 1.24 bits per heavy atom. The summed E-state index contributed by atoms with van der Waals surface area (Å²) in [4.78, 5) is 24.3. The van der Waals surface area contributed by atoms with Crippen molar-refractivity contribution in [2.45, 2.75) is 13.1 Å². The number of halogens is 4. The Bertz CT molecular complexity index is 598. The van der Waals surface area contributed by atoms with Crippen LogP contribution in [-0.4, -0.2) is 37.6 Å². The smallest absolute Gasteiger partial charge is 0.370 e. The highest BCUT2D eigenvalue weighted by Crippen LogP contribution is 2.32. The third-order valence-corrected chi connectivity index (χ3v) is 2.89. The van der Waals surface area contributed by atoms with E-state index in [4.69, 9.17) is 0 Å². The van der Waals surface area contributed by atoms with Crippen molar-refractivity contribution in [3.63, 3.8) is 0 Å².